The lowest BCUT2D eigenvalue weighted by atomic mass is 10.0. The number of halogens is 1. The molecule has 2 aromatic carbocycles. The molecule has 0 aliphatic rings. The number of hydrogen-bond acceptors (Lipinski definition) is 3. The zero-order valence-electron chi connectivity index (χ0n) is 12.5. The van der Waals surface area contributed by atoms with E-state index in [9.17, 15) is 0 Å². The summed E-state index contributed by atoms with van der Waals surface area (Å²) in [6, 6.07) is 13.7. The van der Waals surface area contributed by atoms with E-state index in [1.54, 1.807) is 14.2 Å². The third-order valence-electron chi connectivity index (χ3n) is 3.41. The van der Waals surface area contributed by atoms with Gasteiger partial charge in [-0.25, -0.2) is 0 Å². The molecule has 0 aliphatic carbocycles. The Morgan fingerprint density at radius 1 is 1.05 bits per heavy atom. The van der Waals surface area contributed by atoms with Crippen molar-refractivity contribution in [3.63, 3.8) is 0 Å². The zero-order chi connectivity index (χ0) is 15.2. The number of benzene rings is 2. The normalized spacial score (nSPS) is 11.8. The fourth-order valence-corrected chi connectivity index (χ4v) is 2.51. The van der Waals surface area contributed by atoms with Crippen LogP contribution in [0.15, 0.2) is 42.5 Å². The first-order chi connectivity index (χ1) is 10.2. The van der Waals surface area contributed by atoms with E-state index < -0.39 is 0 Å². The van der Waals surface area contributed by atoms with Gasteiger partial charge in [0, 0.05) is 10.6 Å². The van der Waals surface area contributed by atoms with Gasteiger partial charge < -0.3 is 14.8 Å². The van der Waals surface area contributed by atoms with E-state index >= 15 is 0 Å². The van der Waals surface area contributed by atoms with Crippen molar-refractivity contribution in [3.05, 3.63) is 53.1 Å². The summed E-state index contributed by atoms with van der Waals surface area (Å²) in [5.41, 5.74) is 1.99. The first-order valence-electron chi connectivity index (χ1n) is 6.92. The Hall–Kier alpha value is -1.87. The van der Waals surface area contributed by atoms with Crippen molar-refractivity contribution >= 4 is 17.3 Å². The lowest BCUT2D eigenvalue weighted by Gasteiger charge is -2.22. The van der Waals surface area contributed by atoms with Gasteiger partial charge in [-0.15, -0.1) is 0 Å². The molecule has 0 bridgehead atoms. The smallest absolute Gasteiger partial charge is 0.142 e. The minimum absolute atomic E-state index is 0.119. The number of anilines is 1. The van der Waals surface area contributed by atoms with Gasteiger partial charge in [0.05, 0.1) is 25.9 Å². The van der Waals surface area contributed by atoms with E-state index in [0.29, 0.717) is 5.02 Å². The molecule has 0 spiro atoms. The molecule has 0 heterocycles. The fourth-order valence-electron chi connectivity index (χ4n) is 2.33. The van der Waals surface area contributed by atoms with Crippen molar-refractivity contribution in [1.29, 1.82) is 0 Å². The maximum atomic E-state index is 6.08. The highest BCUT2D eigenvalue weighted by Crippen LogP contribution is 2.34. The number of rotatable bonds is 6. The van der Waals surface area contributed by atoms with Crippen LogP contribution in [0.4, 0.5) is 5.69 Å². The second-order valence-electron chi connectivity index (χ2n) is 4.69. The number of nitrogens with one attached hydrogen (secondary N) is 1. The van der Waals surface area contributed by atoms with E-state index in [1.165, 1.54) is 0 Å². The molecule has 0 aliphatic heterocycles. The molecule has 2 aromatic rings. The Balaban J connectivity index is 2.33. The highest BCUT2D eigenvalue weighted by Gasteiger charge is 2.15. The summed E-state index contributed by atoms with van der Waals surface area (Å²) in [5, 5.41) is 4.16. The van der Waals surface area contributed by atoms with Crippen LogP contribution in [-0.4, -0.2) is 14.2 Å². The standard InChI is InChI=1S/C17H20ClNO2/c1-4-14(13-7-5-6-8-16(13)20-2)19-15-11-12(18)9-10-17(15)21-3/h5-11,14,19H,4H2,1-3H3. The molecule has 2 rings (SSSR count). The van der Waals surface area contributed by atoms with E-state index in [4.69, 9.17) is 21.1 Å². The van der Waals surface area contributed by atoms with Crippen molar-refractivity contribution in [2.45, 2.75) is 19.4 Å². The maximum absolute atomic E-state index is 6.08. The van der Waals surface area contributed by atoms with Crippen molar-refractivity contribution in [1.82, 2.24) is 0 Å². The van der Waals surface area contributed by atoms with Crippen molar-refractivity contribution < 1.29 is 9.47 Å². The van der Waals surface area contributed by atoms with Crippen molar-refractivity contribution in [2.75, 3.05) is 19.5 Å². The third-order valence-corrected chi connectivity index (χ3v) is 3.65. The summed E-state index contributed by atoms with van der Waals surface area (Å²) >= 11 is 6.08. The number of hydrogen-bond donors (Lipinski definition) is 1. The van der Waals surface area contributed by atoms with E-state index in [1.807, 2.05) is 36.4 Å². The third kappa shape index (κ3) is 3.61. The highest BCUT2D eigenvalue weighted by molar-refractivity contribution is 6.30. The lowest BCUT2D eigenvalue weighted by Crippen LogP contribution is -2.11. The molecule has 112 valence electrons. The van der Waals surface area contributed by atoms with Gasteiger partial charge in [-0.2, -0.15) is 0 Å². The fraction of sp³-hybridized carbons (Fsp3) is 0.294. The molecule has 0 radical (unpaired) electrons. The highest BCUT2D eigenvalue weighted by atomic mass is 35.5. The van der Waals surface area contributed by atoms with Crippen LogP contribution in [0.1, 0.15) is 24.9 Å². The number of para-hydroxylation sites is 1. The van der Waals surface area contributed by atoms with Gasteiger partial charge in [0.2, 0.25) is 0 Å². The van der Waals surface area contributed by atoms with Gasteiger partial charge in [0.1, 0.15) is 11.5 Å². The molecule has 3 nitrogen and oxygen atoms in total. The lowest BCUT2D eigenvalue weighted by molar-refractivity contribution is 0.405. The number of ether oxygens (including phenoxy) is 2. The molecule has 1 N–H and O–H groups in total. The maximum Gasteiger partial charge on any atom is 0.142 e. The molecule has 0 amide bonds. The topological polar surface area (TPSA) is 30.5 Å². The van der Waals surface area contributed by atoms with Gasteiger partial charge in [-0.05, 0) is 30.7 Å². The van der Waals surface area contributed by atoms with Gasteiger partial charge in [-0.1, -0.05) is 36.7 Å². The molecule has 21 heavy (non-hydrogen) atoms. The van der Waals surface area contributed by atoms with Gasteiger partial charge >= 0.3 is 0 Å². The Morgan fingerprint density at radius 2 is 1.76 bits per heavy atom. The van der Waals surface area contributed by atoms with Crippen LogP contribution >= 0.6 is 11.6 Å². The SMILES string of the molecule is CCC(Nc1cc(Cl)ccc1OC)c1ccccc1OC. The second-order valence-corrected chi connectivity index (χ2v) is 5.13. The first-order valence-corrected chi connectivity index (χ1v) is 7.30. The molecule has 0 aromatic heterocycles. The van der Waals surface area contributed by atoms with Crippen LogP contribution in [0.3, 0.4) is 0 Å². The number of methoxy groups -OCH3 is 2. The van der Waals surface area contributed by atoms with E-state index in [-0.39, 0.29) is 6.04 Å². The molecular weight excluding hydrogens is 286 g/mol. The zero-order valence-corrected chi connectivity index (χ0v) is 13.3. The van der Waals surface area contributed by atoms with Crippen molar-refractivity contribution in [2.24, 2.45) is 0 Å². The molecule has 1 atom stereocenters. The molecule has 4 heteroatoms. The summed E-state index contributed by atoms with van der Waals surface area (Å²) in [4.78, 5) is 0. The summed E-state index contributed by atoms with van der Waals surface area (Å²) in [7, 11) is 3.34. The van der Waals surface area contributed by atoms with Gasteiger partial charge in [0.25, 0.3) is 0 Å². The predicted octanol–water partition coefficient (Wildman–Crippen LogP) is 4.92. The molecule has 1 unspecified atom stereocenters. The van der Waals surface area contributed by atoms with Gasteiger partial charge in [0.15, 0.2) is 0 Å². The van der Waals surface area contributed by atoms with Crippen LogP contribution in [-0.2, 0) is 0 Å². The van der Waals surface area contributed by atoms with Crippen molar-refractivity contribution in [3.8, 4) is 11.5 Å². The first kappa shape index (κ1) is 15.5. The summed E-state index contributed by atoms with van der Waals surface area (Å²) < 4.78 is 10.8. The van der Waals surface area contributed by atoms with Crippen LogP contribution in [0, 0.1) is 0 Å². The van der Waals surface area contributed by atoms with E-state index in [0.717, 1.165) is 29.2 Å². The minimum Gasteiger partial charge on any atom is -0.496 e. The molecule has 0 saturated heterocycles. The van der Waals surface area contributed by atoms with Crippen LogP contribution in [0.2, 0.25) is 5.02 Å². The van der Waals surface area contributed by atoms with E-state index in [2.05, 4.69) is 18.3 Å². The van der Waals surface area contributed by atoms with Gasteiger partial charge in [-0.3, -0.25) is 0 Å². The predicted molar refractivity (Wildman–Crippen MR) is 87.7 cm³/mol. The summed E-state index contributed by atoms with van der Waals surface area (Å²) in [6.45, 7) is 2.13. The van der Waals surface area contributed by atoms with Crippen LogP contribution < -0.4 is 14.8 Å². The summed E-state index contributed by atoms with van der Waals surface area (Å²) in [6.07, 6.45) is 0.913. The monoisotopic (exact) mass is 305 g/mol. The van der Waals surface area contributed by atoms with Crippen LogP contribution in [0.25, 0.3) is 0 Å². The molecule has 0 fully saturated rings. The molecule has 0 saturated carbocycles. The average Bonchev–Trinajstić information content (AvgIpc) is 2.52. The Morgan fingerprint density at radius 3 is 2.43 bits per heavy atom. The average molecular weight is 306 g/mol. The Bertz CT molecular complexity index is 601. The quantitative estimate of drug-likeness (QED) is 0.821. The summed E-state index contributed by atoms with van der Waals surface area (Å²) in [5.74, 6) is 1.64. The minimum atomic E-state index is 0.119. The van der Waals surface area contributed by atoms with Crippen LogP contribution in [0.5, 0.6) is 11.5 Å². The largest absolute Gasteiger partial charge is 0.496 e. The Labute approximate surface area is 130 Å². The molecular formula is C17H20ClNO2. The second kappa shape index (κ2) is 7.23. The Kier molecular flexibility index (Phi) is 5.34.